The Bertz CT molecular complexity index is 1500. The number of thioether (sulfide) groups is 1. The van der Waals surface area contributed by atoms with Crippen molar-refractivity contribution in [2.24, 2.45) is 16.7 Å². The van der Waals surface area contributed by atoms with Gasteiger partial charge in [-0.2, -0.15) is 0 Å². The van der Waals surface area contributed by atoms with Crippen molar-refractivity contribution in [3.05, 3.63) is 70.0 Å². The standard InChI is InChI=1S/C28H33ClN4O3S2/c1-18-6-5-7-20(12-18)16-37-26-32-31-25(33(26)23-14-22(29)9-8-19(23)2)15-30-38(35,36)17-28-11-10-21(13-24(28)34)27(28,3)4/h5-9,12,14,21,30H,10-11,13,15-17H2,1-4H3. The molecule has 0 aliphatic heterocycles. The number of carbonyl (C=O) groups is 1. The Labute approximate surface area is 233 Å². The molecule has 0 radical (unpaired) electrons. The van der Waals surface area contributed by atoms with Crippen LogP contribution in [-0.2, 0) is 27.1 Å². The number of nitrogens with zero attached hydrogens (tertiary/aromatic N) is 3. The smallest absolute Gasteiger partial charge is 0.213 e. The predicted octanol–water partition coefficient (Wildman–Crippen LogP) is 5.64. The normalized spacial score (nSPS) is 22.3. The fourth-order valence-electron chi connectivity index (χ4n) is 6.18. The maximum Gasteiger partial charge on any atom is 0.213 e. The van der Waals surface area contributed by atoms with Gasteiger partial charge in [-0.1, -0.05) is 73.1 Å². The van der Waals surface area contributed by atoms with E-state index in [1.54, 1.807) is 0 Å². The number of nitrogens with one attached hydrogen (secondary N) is 1. The molecule has 2 atom stereocenters. The summed E-state index contributed by atoms with van der Waals surface area (Å²) < 4.78 is 31.3. The van der Waals surface area contributed by atoms with Crippen LogP contribution in [0, 0.1) is 30.6 Å². The Hall–Kier alpha value is -2.20. The number of aromatic nitrogens is 3. The van der Waals surface area contributed by atoms with E-state index in [0.717, 1.165) is 23.2 Å². The zero-order chi connectivity index (χ0) is 27.3. The lowest BCUT2D eigenvalue weighted by atomic mass is 9.70. The summed E-state index contributed by atoms with van der Waals surface area (Å²) in [5, 5.41) is 10.0. The second-order valence-electron chi connectivity index (χ2n) is 11.2. The summed E-state index contributed by atoms with van der Waals surface area (Å²) in [4.78, 5) is 12.9. The van der Waals surface area contributed by atoms with Gasteiger partial charge < -0.3 is 0 Å². The number of Topliss-reactive ketones (excluding diaryl/α,β-unsaturated/α-hetero) is 1. The van der Waals surface area contributed by atoms with Crippen molar-refractivity contribution in [2.75, 3.05) is 5.75 Å². The van der Waals surface area contributed by atoms with Gasteiger partial charge in [0.25, 0.3) is 0 Å². The van der Waals surface area contributed by atoms with Crippen molar-refractivity contribution < 1.29 is 13.2 Å². The van der Waals surface area contributed by atoms with Crippen LogP contribution < -0.4 is 4.72 Å². The average Bonchev–Trinajstić information content (AvgIpc) is 3.42. The molecular formula is C28H33ClN4O3S2. The number of hydrogen-bond acceptors (Lipinski definition) is 6. The summed E-state index contributed by atoms with van der Waals surface area (Å²) in [7, 11) is -3.76. The van der Waals surface area contributed by atoms with Crippen molar-refractivity contribution in [2.45, 2.75) is 64.4 Å². The van der Waals surface area contributed by atoms with Gasteiger partial charge in [-0.05, 0) is 61.3 Å². The highest BCUT2D eigenvalue weighted by molar-refractivity contribution is 7.98. The molecule has 2 saturated carbocycles. The van der Waals surface area contributed by atoms with E-state index in [9.17, 15) is 13.2 Å². The van der Waals surface area contributed by atoms with Gasteiger partial charge in [0.1, 0.15) is 5.78 Å². The Kier molecular flexibility index (Phi) is 7.26. The molecule has 2 aliphatic carbocycles. The fraction of sp³-hybridized carbons (Fsp3) is 0.464. The van der Waals surface area contributed by atoms with Gasteiger partial charge in [-0.3, -0.25) is 9.36 Å². The largest absolute Gasteiger partial charge is 0.299 e. The van der Waals surface area contributed by atoms with Crippen molar-refractivity contribution in [1.82, 2.24) is 19.5 Å². The summed E-state index contributed by atoms with van der Waals surface area (Å²) >= 11 is 7.88. The second kappa shape index (κ2) is 10.1. The first kappa shape index (κ1) is 27.4. The predicted molar refractivity (Wildman–Crippen MR) is 151 cm³/mol. The topological polar surface area (TPSA) is 94.0 Å². The van der Waals surface area contributed by atoms with Crippen LogP contribution in [0.3, 0.4) is 0 Å². The minimum absolute atomic E-state index is 0.0413. The van der Waals surface area contributed by atoms with Crippen LogP contribution >= 0.6 is 23.4 Å². The number of rotatable bonds is 9. The van der Waals surface area contributed by atoms with Crippen LogP contribution in [0.25, 0.3) is 5.69 Å². The van der Waals surface area contributed by atoms with Crippen molar-refractivity contribution >= 4 is 39.2 Å². The van der Waals surface area contributed by atoms with Crippen molar-refractivity contribution in [1.29, 1.82) is 0 Å². The second-order valence-corrected chi connectivity index (χ2v) is 14.4. The zero-order valence-electron chi connectivity index (χ0n) is 22.1. The molecule has 0 saturated heterocycles. The van der Waals surface area contributed by atoms with Crippen LogP contribution in [0.15, 0.2) is 47.6 Å². The van der Waals surface area contributed by atoms with Crippen LogP contribution in [0.2, 0.25) is 5.02 Å². The third-order valence-corrected chi connectivity index (χ3v) is 11.3. The summed E-state index contributed by atoms with van der Waals surface area (Å²) in [6.45, 7) is 8.07. The molecule has 1 N–H and O–H groups in total. The third kappa shape index (κ3) is 4.94. The summed E-state index contributed by atoms with van der Waals surface area (Å²) in [6.07, 6.45) is 2.01. The van der Waals surface area contributed by atoms with Crippen LogP contribution in [0.4, 0.5) is 0 Å². The Morgan fingerprint density at radius 3 is 2.63 bits per heavy atom. The zero-order valence-corrected chi connectivity index (χ0v) is 24.5. The van der Waals surface area contributed by atoms with E-state index in [0.29, 0.717) is 34.6 Å². The van der Waals surface area contributed by atoms with E-state index in [1.807, 2.05) is 49.6 Å². The molecule has 2 aliphatic rings. The lowest BCUT2D eigenvalue weighted by Crippen LogP contribution is -2.45. The number of halogens is 1. The van der Waals surface area contributed by atoms with Gasteiger partial charge in [0.15, 0.2) is 11.0 Å². The van der Waals surface area contributed by atoms with E-state index in [-0.39, 0.29) is 29.4 Å². The third-order valence-electron chi connectivity index (χ3n) is 8.59. The molecule has 2 unspecified atom stereocenters. The molecule has 0 amide bonds. The highest BCUT2D eigenvalue weighted by Crippen LogP contribution is 2.64. The van der Waals surface area contributed by atoms with E-state index >= 15 is 0 Å². The van der Waals surface area contributed by atoms with Gasteiger partial charge in [0, 0.05) is 22.6 Å². The number of ketones is 1. The molecule has 202 valence electrons. The molecule has 3 aromatic rings. The molecule has 38 heavy (non-hydrogen) atoms. The lowest BCUT2D eigenvalue weighted by molar-refractivity contribution is -0.128. The van der Waals surface area contributed by atoms with E-state index in [2.05, 4.69) is 40.0 Å². The summed E-state index contributed by atoms with van der Waals surface area (Å²) in [6, 6.07) is 13.9. The van der Waals surface area contributed by atoms with Gasteiger partial charge in [0.05, 0.1) is 18.0 Å². The van der Waals surface area contributed by atoms with Crippen LogP contribution in [0.1, 0.15) is 55.6 Å². The van der Waals surface area contributed by atoms with Gasteiger partial charge in [0.2, 0.25) is 10.0 Å². The van der Waals surface area contributed by atoms with Crippen LogP contribution in [-0.4, -0.2) is 34.7 Å². The maximum absolute atomic E-state index is 13.3. The highest BCUT2D eigenvalue weighted by atomic mass is 35.5. The van der Waals surface area contributed by atoms with Gasteiger partial charge in [-0.25, -0.2) is 13.1 Å². The quantitative estimate of drug-likeness (QED) is 0.333. The summed E-state index contributed by atoms with van der Waals surface area (Å²) in [5.41, 5.74) is 2.96. The molecule has 10 heteroatoms. The molecular weight excluding hydrogens is 540 g/mol. The Balaban J connectivity index is 1.41. The van der Waals surface area contributed by atoms with Gasteiger partial charge >= 0.3 is 0 Å². The average molecular weight is 573 g/mol. The Morgan fingerprint density at radius 1 is 1.16 bits per heavy atom. The van der Waals surface area contributed by atoms with Crippen molar-refractivity contribution in [3.63, 3.8) is 0 Å². The molecule has 7 nitrogen and oxygen atoms in total. The number of aryl methyl sites for hydroxylation is 2. The fourth-order valence-corrected chi connectivity index (χ4v) is 9.03. The van der Waals surface area contributed by atoms with Crippen LogP contribution in [0.5, 0.6) is 0 Å². The molecule has 2 aromatic carbocycles. The molecule has 2 fully saturated rings. The first-order valence-corrected chi connectivity index (χ1v) is 15.8. The van der Waals surface area contributed by atoms with E-state index < -0.39 is 15.4 Å². The van der Waals surface area contributed by atoms with Gasteiger partial charge in [-0.15, -0.1) is 10.2 Å². The number of fused-ring (bicyclic) bond motifs is 2. The number of hydrogen-bond donors (Lipinski definition) is 1. The number of sulfonamides is 1. The number of carbonyl (C=O) groups excluding carboxylic acids is 1. The maximum atomic E-state index is 13.3. The molecule has 5 rings (SSSR count). The lowest BCUT2D eigenvalue weighted by Gasteiger charge is -2.36. The van der Waals surface area contributed by atoms with E-state index in [1.165, 1.54) is 17.3 Å². The first-order valence-electron chi connectivity index (χ1n) is 12.8. The van der Waals surface area contributed by atoms with E-state index in [4.69, 9.17) is 11.6 Å². The monoisotopic (exact) mass is 572 g/mol. The number of benzene rings is 2. The molecule has 1 heterocycles. The molecule has 2 bridgehead atoms. The SMILES string of the molecule is Cc1cccc(CSc2nnc(CNS(=O)(=O)CC34CCC(CC3=O)C4(C)C)n2-c2cc(Cl)ccc2C)c1. The first-order chi connectivity index (χ1) is 17.9. The molecule has 0 spiro atoms. The summed E-state index contributed by atoms with van der Waals surface area (Å²) in [5.74, 6) is 1.29. The Morgan fingerprint density at radius 2 is 1.95 bits per heavy atom. The minimum atomic E-state index is -3.76. The molecule has 1 aromatic heterocycles. The van der Waals surface area contributed by atoms with Crippen molar-refractivity contribution in [3.8, 4) is 5.69 Å². The highest BCUT2D eigenvalue weighted by Gasteiger charge is 2.65. The minimum Gasteiger partial charge on any atom is -0.299 e.